The predicted molar refractivity (Wildman–Crippen MR) is 162 cm³/mol. The lowest BCUT2D eigenvalue weighted by molar-refractivity contribution is 0.0108. The van der Waals surface area contributed by atoms with Crippen LogP contribution in [0.3, 0.4) is 0 Å². The van der Waals surface area contributed by atoms with Crippen molar-refractivity contribution in [3.8, 4) is 11.3 Å². The Morgan fingerprint density at radius 1 is 1.07 bits per heavy atom. The second-order valence-electron chi connectivity index (χ2n) is 10.3. The summed E-state index contributed by atoms with van der Waals surface area (Å²) >= 11 is 2.94. The Balaban J connectivity index is 1.17. The van der Waals surface area contributed by atoms with E-state index in [1.807, 2.05) is 35.0 Å². The van der Waals surface area contributed by atoms with Crippen LogP contribution in [0.15, 0.2) is 53.4 Å². The van der Waals surface area contributed by atoms with Gasteiger partial charge in [-0.3, -0.25) is 18.9 Å². The quantitative estimate of drug-likeness (QED) is 0.258. The SMILES string of the molecule is Nc1nc2ccc(CNC(=O)c3cccn4c(C(=O)N[C@@H]5COC[C@H]5N5CCOCC5)c(-c5ccsc5)nc34)cc2s1. The molecule has 2 amide bonds. The van der Waals surface area contributed by atoms with Crippen molar-refractivity contribution in [3.05, 3.63) is 70.2 Å². The number of carbonyl (C=O) groups excluding carboxylic acids is 2. The smallest absolute Gasteiger partial charge is 0.270 e. The molecule has 2 aliphatic heterocycles. The van der Waals surface area contributed by atoms with Crippen LogP contribution in [0.1, 0.15) is 26.4 Å². The predicted octanol–water partition coefficient (Wildman–Crippen LogP) is 3.01. The van der Waals surface area contributed by atoms with Crippen molar-refractivity contribution in [2.45, 2.75) is 18.6 Å². The molecule has 11 nitrogen and oxygen atoms in total. The molecule has 7 rings (SSSR count). The number of thiazole rings is 1. The van der Waals surface area contributed by atoms with Gasteiger partial charge in [0.05, 0.1) is 54.3 Å². The van der Waals surface area contributed by atoms with Crippen LogP contribution in [0.2, 0.25) is 0 Å². The minimum atomic E-state index is -0.282. The number of rotatable bonds is 7. The van der Waals surface area contributed by atoms with Gasteiger partial charge in [0, 0.05) is 36.8 Å². The molecule has 0 bridgehead atoms. The molecule has 2 saturated heterocycles. The maximum atomic E-state index is 13.9. The molecule has 4 aromatic heterocycles. The Labute approximate surface area is 249 Å². The number of imidazole rings is 1. The number of thiophene rings is 1. The number of aromatic nitrogens is 3. The van der Waals surface area contributed by atoms with E-state index in [0.29, 0.717) is 60.7 Å². The summed E-state index contributed by atoms with van der Waals surface area (Å²) in [6.45, 7) is 4.28. The molecule has 0 saturated carbocycles. The maximum Gasteiger partial charge on any atom is 0.270 e. The Hall–Kier alpha value is -3.88. The minimum absolute atomic E-state index is 0.0728. The van der Waals surface area contributed by atoms with Gasteiger partial charge in [-0.05, 0) is 41.3 Å². The normalized spacial score (nSPS) is 19.4. The number of nitrogens with two attached hydrogens (primary N) is 1. The first-order valence-corrected chi connectivity index (χ1v) is 15.5. The molecule has 0 spiro atoms. The zero-order valence-corrected chi connectivity index (χ0v) is 24.2. The number of amides is 2. The Kier molecular flexibility index (Phi) is 7.34. The molecule has 6 heterocycles. The zero-order chi connectivity index (χ0) is 28.6. The summed E-state index contributed by atoms with van der Waals surface area (Å²) in [4.78, 5) is 38.8. The van der Waals surface area contributed by atoms with Crippen molar-refractivity contribution in [1.82, 2.24) is 29.9 Å². The molecule has 2 fully saturated rings. The Morgan fingerprint density at radius 2 is 1.95 bits per heavy atom. The second-order valence-corrected chi connectivity index (χ2v) is 12.1. The van der Waals surface area contributed by atoms with Gasteiger partial charge in [-0.15, -0.1) is 0 Å². The number of hydrogen-bond acceptors (Lipinski definition) is 10. The van der Waals surface area contributed by atoms with E-state index in [9.17, 15) is 9.59 Å². The number of pyridine rings is 1. The third-order valence-corrected chi connectivity index (χ3v) is 9.24. The van der Waals surface area contributed by atoms with Gasteiger partial charge in [0.1, 0.15) is 11.4 Å². The van der Waals surface area contributed by atoms with Crippen LogP contribution in [0, 0.1) is 0 Å². The van der Waals surface area contributed by atoms with Crippen LogP contribution < -0.4 is 16.4 Å². The molecular weight excluding hydrogens is 574 g/mol. The van der Waals surface area contributed by atoms with Gasteiger partial charge < -0.3 is 25.8 Å². The maximum absolute atomic E-state index is 13.9. The van der Waals surface area contributed by atoms with Gasteiger partial charge in [-0.2, -0.15) is 11.3 Å². The number of benzene rings is 1. The third-order valence-electron chi connectivity index (χ3n) is 7.71. The molecule has 42 heavy (non-hydrogen) atoms. The van der Waals surface area contributed by atoms with E-state index >= 15 is 0 Å². The molecule has 5 aromatic rings. The highest BCUT2D eigenvalue weighted by Gasteiger charge is 2.36. The summed E-state index contributed by atoms with van der Waals surface area (Å²) in [7, 11) is 0. The van der Waals surface area contributed by atoms with Gasteiger partial charge in [-0.25, -0.2) is 9.97 Å². The summed E-state index contributed by atoms with van der Waals surface area (Å²) in [5.74, 6) is -0.540. The molecular formula is C29H29N7O4S2. The highest BCUT2D eigenvalue weighted by molar-refractivity contribution is 7.22. The highest BCUT2D eigenvalue weighted by Crippen LogP contribution is 2.29. The highest BCUT2D eigenvalue weighted by atomic mass is 32.1. The van der Waals surface area contributed by atoms with Crippen LogP contribution in [0.4, 0.5) is 5.13 Å². The van der Waals surface area contributed by atoms with Crippen LogP contribution >= 0.6 is 22.7 Å². The minimum Gasteiger partial charge on any atom is -0.379 e. The number of nitrogen functional groups attached to an aromatic ring is 1. The number of morpholine rings is 1. The van der Waals surface area contributed by atoms with Crippen LogP contribution in [0.25, 0.3) is 27.1 Å². The largest absolute Gasteiger partial charge is 0.379 e. The summed E-state index contributed by atoms with van der Waals surface area (Å²) < 4.78 is 14.0. The summed E-state index contributed by atoms with van der Waals surface area (Å²) in [6.07, 6.45) is 1.77. The van der Waals surface area contributed by atoms with Crippen molar-refractivity contribution in [2.75, 3.05) is 45.3 Å². The fraction of sp³-hybridized carbons (Fsp3) is 0.310. The fourth-order valence-corrected chi connectivity index (χ4v) is 7.06. The lowest BCUT2D eigenvalue weighted by Crippen LogP contribution is -2.54. The van der Waals surface area contributed by atoms with Crippen molar-refractivity contribution in [1.29, 1.82) is 0 Å². The van der Waals surface area contributed by atoms with E-state index < -0.39 is 0 Å². The van der Waals surface area contributed by atoms with Gasteiger partial charge in [0.2, 0.25) is 0 Å². The number of carbonyl (C=O) groups is 2. The first-order chi connectivity index (χ1) is 20.5. The van der Waals surface area contributed by atoms with Crippen LogP contribution in [-0.2, 0) is 16.0 Å². The zero-order valence-electron chi connectivity index (χ0n) is 22.6. The molecule has 0 aliphatic carbocycles. The van der Waals surface area contributed by atoms with E-state index in [0.717, 1.165) is 34.4 Å². The average molecular weight is 604 g/mol. The Morgan fingerprint density at radius 3 is 2.79 bits per heavy atom. The number of ether oxygens (including phenoxy) is 2. The summed E-state index contributed by atoms with van der Waals surface area (Å²) in [5, 5.41) is 10.6. The van der Waals surface area contributed by atoms with Gasteiger partial charge in [-0.1, -0.05) is 17.4 Å². The second kappa shape index (κ2) is 11.4. The average Bonchev–Trinajstić information content (AvgIpc) is 3.81. The van der Waals surface area contributed by atoms with Gasteiger partial charge in [0.25, 0.3) is 11.8 Å². The molecule has 0 radical (unpaired) electrons. The summed E-state index contributed by atoms with van der Waals surface area (Å²) in [5.41, 5.74) is 10.1. The summed E-state index contributed by atoms with van der Waals surface area (Å²) in [6, 6.07) is 11.1. The standard InChI is InChI=1S/C29H29N7O4S2/c30-29-33-20-4-3-17(12-23(20)42-29)13-31-27(37)19-2-1-6-36-25(24(34-26(19)36)18-5-11-41-16-18)28(38)32-21-14-40-15-22(21)35-7-9-39-10-8-35/h1-6,11-12,16,21-22H,7-10,13-15H2,(H2,30,33)(H,31,37)(H,32,38)/t21-,22-/m1/s1. The molecule has 13 heteroatoms. The first kappa shape index (κ1) is 27.0. The first-order valence-electron chi connectivity index (χ1n) is 13.7. The molecule has 2 atom stereocenters. The lowest BCUT2D eigenvalue weighted by atomic mass is 10.1. The Bertz CT molecular complexity index is 1760. The number of fused-ring (bicyclic) bond motifs is 2. The molecule has 0 unspecified atom stereocenters. The molecule has 4 N–H and O–H groups in total. The third kappa shape index (κ3) is 5.14. The van der Waals surface area contributed by atoms with Crippen LogP contribution in [0.5, 0.6) is 0 Å². The topological polar surface area (TPSA) is 136 Å². The van der Waals surface area contributed by atoms with Crippen LogP contribution in [-0.4, -0.2) is 82.7 Å². The monoisotopic (exact) mass is 603 g/mol. The molecule has 1 aromatic carbocycles. The number of anilines is 1. The van der Waals surface area contributed by atoms with Crippen molar-refractivity contribution in [3.63, 3.8) is 0 Å². The van der Waals surface area contributed by atoms with E-state index in [4.69, 9.17) is 20.2 Å². The van der Waals surface area contributed by atoms with Crippen molar-refractivity contribution < 1.29 is 19.1 Å². The van der Waals surface area contributed by atoms with E-state index in [-0.39, 0.29) is 23.9 Å². The fourth-order valence-electron chi connectivity index (χ4n) is 5.62. The van der Waals surface area contributed by atoms with Crippen molar-refractivity contribution in [2.24, 2.45) is 0 Å². The van der Waals surface area contributed by atoms with Gasteiger partial charge >= 0.3 is 0 Å². The molecule has 216 valence electrons. The van der Waals surface area contributed by atoms with E-state index in [2.05, 4.69) is 20.5 Å². The number of nitrogens with zero attached hydrogens (tertiary/aromatic N) is 4. The number of hydrogen-bond donors (Lipinski definition) is 3. The lowest BCUT2D eigenvalue weighted by Gasteiger charge is -2.34. The molecule has 2 aliphatic rings. The van der Waals surface area contributed by atoms with E-state index in [1.165, 1.54) is 22.7 Å². The van der Waals surface area contributed by atoms with Gasteiger partial charge in [0.15, 0.2) is 10.8 Å². The van der Waals surface area contributed by atoms with Crippen molar-refractivity contribution >= 4 is 55.5 Å². The number of nitrogens with one attached hydrogen (secondary N) is 2. The van der Waals surface area contributed by atoms with E-state index in [1.54, 1.807) is 22.7 Å².